The van der Waals surface area contributed by atoms with Gasteiger partial charge in [0.05, 0.1) is 12.7 Å². The Bertz CT molecular complexity index is 231. The number of nitrogens with one attached hydrogen (secondary N) is 1. The molecule has 2 rings (SSSR count). The molecule has 0 aliphatic carbocycles. The van der Waals surface area contributed by atoms with Crippen LogP contribution in [-0.2, 0) is 4.74 Å². The van der Waals surface area contributed by atoms with Gasteiger partial charge in [-0.25, -0.2) is 0 Å². The van der Waals surface area contributed by atoms with Crippen molar-refractivity contribution in [2.75, 3.05) is 39.9 Å². The first-order chi connectivity index (χ1) is 8.24. The lowest BCUT2D eigenvalue weighted by atomic mass is 9.91. The largest absolute Gasteiger partial charge is 0.394 e. The molecule has 2 aliphatic rings. The number of aliphatic hydroxyl groups is 1. The molecule has 2 saturated heterocycles. The number of likely N-dealkylation sites (tertiary alicyclic amines) is 1. The van der Waals surface area contributed by atoms with Crippen LogP contribution in [0.1, 0.15) is 32.1 Å². The molecule has 0 spiro atoms. The fraction of sp³-hybridized carbons (Fsp3) is 1.00. The molecule has 2 unspecified atom stereocenters. The van der Waals surface area contributed by atoms with Crippen LogP contribution in [0.2, 0.25) is 0 Å². The van der Waals surface area contributed by atoms with Crippen LogP contribution < -0.4 is 5.32 Å². The predicted octanol–water partition coefficient (Wildman–Crippen LogP) is 0.602. The van der Waals surface area contributed by atoms with E-state index in [-0.39, 0.29) is 12.1 Å². The first kappa shape index (κ1) is 13.3. The Hall–Kier alpha value is -0.160. The predicted molar refractivity (Wildman–Crippen MR) is 68.1 cm³/mol. The third-order valence-corrected chi connectivity index (χ3v) is 4.20. The van der Waals surface area contributed by atoms with Crippen LogP contribution in [0.15, 0.2) is 0 Å². The summed E-state index contributed by atoms with van der Waals surface area (Å²) in [7, 11) is 2.16. The van der Waals surface area contributed by atoms with Crippen LogP contribution in [0.4, 0.5) is 0 Å². The van der Waals surface area contributed by atoms with Gasteiger partial charge in [-0.1, -0.05) is 0 Å². The van der Waals surface area contributed by atoms with Crippen molar-refractivity contribution in [2.45, 2.75) is 43.7 Å². The Morgan fingerprint density at radius 3 is 2.94 bits per heavy atom. The fourth-order valence-electron chi connectivity index (χ4n) is 2.86. The average molecular weight is 242 g/mol. The second kappa shape index (κ2) is 6.14. The molecule has 2 heterocycles. The normalized spacial score (nSPS) is 36.0. The SMILES string of the molecule is CN1CCCC(CO)(NCC2CCCO2)CC1. The molecule has 2 fully saturated rings. The molecular weight excluding hydrogens is 216 g/mol. The molecule has 0 radical (unpaired) electrons. The topological polar surface area (TPSA) is 44.7 Å². The van der Waals surface area contributed by atoms with Crippen molar-refractivity contribution in [1.29, 1.82) is 0 Å². The van der Waals surface area contributed by atoms with E-state index < -0.39 is 0 Å². The van der Waals surface area contributed by atoms with Crippen LogP contribution in [0.3, 0.4) is 0 Å². The van der Waals surface area contributed by atoms with E-state index in [1.54, 1.807) is 0 Å². The maximum absolute atomic E-state index is 9.70. The molecule has 0 amide bonds. The van der Waals surface area contributed by atoms with E-state index in [4.69, 9.17) is 4.74 Å². The number of hydrogen-bond donors (Lipinski definition) is 2. The Morgan fingerprint density at radius 1 is 1.35 bits per heavy atom. The van der Waals surface area contributed by atoms with Crippen molar-refractivity contribution in [3.63, 3.8) is 0 Å². The zero-order chi connectivity index (χ0) is 12.1. The minimum absolute atomic E-state index is 0.0727. The molecule has 2 atom stereocenters. The van der Waals surface area contributed by atoms with Crippen molar-refractivity contribution in [2.24, 2.45) is 0 Å². The summed E-state index contributed by atoms with van der Waals surface area (Å²) in [6.45, 7) is 4.25. The standard InChI is InChI=1S/C13H26N2O2/c1-15-7-3-5-13(11-16,6-8-15)14-10-12-4-2-9-17-12/h12,14,16H,2-11H2,1H3. The number of aliphatic hydroxyl groups excluding tert-OH is 1. The van der Waals surface area contributed by atoms with Gasteiger partial charge in [0.25, 0.3) is 0 Å². The van der Waals surface area contributed by atoms with E-state index in [0.29, 0.717) is 6.10 Å². The van der Waals surface area contributed by atoms with Gasteiger partial charge in [-0.2, -0.15) is 0 Å². The van der Waals surface area contributed by atoms with Crippen LogP contribution in [0.25, 0.3) is 0 Å². The van der Waals surface area contributed by atoms with E-state index in [1.807, 2.05) is 0 Å². The van der Waals surface area contributed by atoms with E-state index in [0.717, 1.165) is 51.9 Å². The Balaban J connectivity index is 1.84. The second-order valence-corrected chi connectivity index (χ2v) is 5.61. The van der Waals surface area contributed by atoms with Gasteiger partial charge in [-0.3, -0.25) is 0 Å². The van der Waals surface area contributed by atoms with E-state index in [1.165, 1.54) is 6.42 Å². The van der Waals surface area contributed by atoms with Crippen molar-refractivity contribution >= 4 is 0 Å². The van der Waals surface area contributed by atoms with Gasteiger partial charge in [-0.05, 0) is 52.2 Å². The summed E-state index contributed by atoms with van der Waals surface area (Å²) < 4.78 is 5.63. The third-order valence-electron chi connectivity index (χ3n) is 4.20. The first-order valence-corrected chi connectivity index (χ1v) is 6.90. The molecule has 0 bridgehead atoms. The quantitative estimate of drug-likeness (QED) is 0.758. The van der Waals surface area contributed by atoms with E-state index in [9.17, 15) is 5.11 Å². The zero-order valence-corrected chi connectivity index (χ0v) is 11.0. The molecule has 100 valence electrons. The zero-order valence-electron chi connectivity index (χ0n) is 11.0. The van der Waals surface area contributed by atoms with Gasteiger partial charge in [-0.15, -0.1) is 0 Å². The highest BCUT2D eigenvalue weighted by atomic mass is 16.5. The minimum atomic E-state index is -0.0727. The van der Waals surface area contributed by atoms with Crippen molar-refractivity contribution in [3.05, 3.63) is 0 Å². The molecule has 4 heteroatoms. The van der Waals surface area contributed by atoms with Gasteiger partial charge in [0.15, 0.2) is 0 Å². The van der Waals surface area contributed by atoms with Crippen LogP contribution in [0, 0.1) is 0 Å². The molecule has 0 aromatic rings. The lowest BCUT2D eigenvalue weighted by molar-refractivity contribution is 0.0830. The maximum atomic E-state index is 9.70. The van der Waals surface area contributed by atoms with Gasteiger partial charge in [0.1, 0.15) is 0 Å². The van der Waals surface area contributed by atoms with Crippen molar-refractivity contribution in [3.8, 4) is 0 Å². The average Bonchev–Trinajstić information content (AvgIpc) is 2.79. The van der Waals surface area contributed by atoms with Crippen LogP contribution >= 0.6 is 0 Å². The van der Waals surface area contributed by atoms with Gasteiger partial charge < -0.3 is 20.1 Å². The lowest BCUT2D eigenvalue weighted by Crippen LogP contribution is -2.51. The number of ether oxygens (including phenoxy) is 1. The smallest absolute Gasteiger partial charge is 0.0700 e. The summed E-state index contributed by atoms with van der Waals surface area (Å²) in [6, 6.07) is 0. The molecule has 17 heavy (non-hydrogen) atoms. The molecule has 4 nitrogen and oxygen atoms in total. The van der Waals surface area contributed by atoms with Crippen molar-refractivity contribution < 1.29 is 9.84 Å². The summed E-state index contributed by atoms with van der Waals surface area (Å²) in [6.07, 6.45) is 5.97. The summed E-state index contributed by atoms with van der Waals surface area (Å²) in [5, 5.41) is 13.3. The van der Waals surface area contributed by atoms with Crippen LogP contribution in [0.5, 0.6) is 0 Å². The Morgan fingerprint density at radius 2 is 2.24 bits per heavy atom. The number of hydrogen-bond acceptors (Lipinski definition) is 4. The monoisotopic (exact) mass is 242 g/mol. The Labute approximate surface area is 104 Å². The third kappa shape index (κ3) is 3.65. The lowest BCUT2D eigenvalue weighted by Gasteiger charge is -2.33. The maximum Gasteiger partial charge on any atom is 0.0700 e. The minimum Gasteiger partial charge on any atom is -0.394 e. The van der Waals surface area contributed by atoms with Gasteiger partial charge >= 0.3 is 0 Å². The molecule has 2 aliphatic heterocycles. The second-order valence-electron chi connectivity index (χ2n) is 5.61. The van der Waals surface area contributed by atoms with Crippen molar-refractivity contribution in [1.82, 2.24) is 10.2 Å². The first-order valence-electron chi connectivity index (χ1n) is 6.90. The van der Waals surface area contributed by atoms with E-state index >= 15 is 0 Å². The summed E-state index contributed by atoms with van der Waals surface area (Å²) in [5.41, 5.74) is -0.0727. The van der Waals surface area contributed by atoms with E-state index in [2.05, 4.69) is 17.3 Å². The summed E-state index contributed by atoms with van der Waals surface area (Å²) in [5.74, 6) is 0. The highest BCUT2D eigenvalue weighted by Crippen LogP contribution is 2.22. The van der Waals surface area contributed by atoms with Gasteiger partial charge in [0, 0.05) is 18.7 Å². The molecule has 0 aromatic carbocycles. The molecular formula is C13H26N2O2. The fourth-order valence-corrected chi connectivity index (χ4v) is 2.86. The Kier molecular flexibility index (Phi) is 4.79. The van der Waals surface area contributed by atoms with Crippen LogP contribution in [-0.4, -0.2) is 61.5 Å². The molecule has 2 N–H and O–H groups in total. The molecule has 0 saturated carbocycles. The van der Waals surface area contributed by atoms with Gasteiger partial charge in [0.2, 0.25) is 0 Å². The summed E-state index contributed by atoms with van der Waals surface area (Å²) in [4.78, 5) is 2.35. The highest BCUT2D eigenvalue weighted by molar-refractivity contribution is 4.91. The number of rotatable bonds is 4. The number of nitrogens with zero attached hydrogens (tertiary/aromatic N) is 1. The summed E-state index contributed by atoms with van der Waals surface area (Å²) >= 11 is 0. The highest BCUT2D eigenvalue weighted by Gasteiger charge is 2.32. The molecule has 0 aromatic heterocycles.